The molecule has 5 nitrogen and oxygen atoms in total. The van der Waals surface area contributed by atoms with Crippen molar-refractivity contribution < 1.29 is 12.8 Å². The molecule has 0 spiro atoms. The minimum absolute atomic E-state index is 0.0595. The number of benzene rings is 1. The average Bonchev–Trinajstić information content (AvgIpc) is 2.99. The SMILES string of the molecule is CCS(=O)(=O)Nc1ccc(NCC=Cc2ccco2)cc1C. The molecule has 1 heterocycles. The van der Waals surface area contributed by atoms with Crippen LogP contribution in [0.2, 0.25) is 0 Å². The van der Waals surface area contributed by atoms with Crippen LogP contribution in [-0.4, -0.2) is 20.7 Å². The van der Waals surface area contributed by atoms with Gasteiger partial charge in [-0.1, -0.05) is 6.08 Å². The molecule has 2 rings (SSSR count). The molecule has 1 aromatic carbocycles. The first-order valence-corrected chi connectivity index (χ1v) is 8.70. The maximum Gasteiger partial charge on any atom is 0.232 e. The van der Waals surface area contributed by atoms with E-state index < -0.39 is 10.0 Å². The van der Waals surface area contributed by atoms with Crippen molar-refractivity contribution in [2.24, 2.45) is 0 Å². The van der Waals surface area contributed by atoms with Gasteiger partial charge in [0.2, 0.25) is 10.0 Å². The highest BCUT2D eigenvalue weighted by Crippen LogP contribution is 2.20. The summed E-state index contributed by atoms with van der Waals surface area (Å²) in [6.07, 6.45) is 5.48. The first-order valence-electron chi connectivity index (χ1n) is 7.05. The Balaban J connectivity index is 1.94. The Bertz CT molecular complexity index is 735. The van der Waals surface area contributed by atoms with Gasteiger partial charge in [-0.25, -0.2) is 8.42 Å². The molecular formula is C16H20N2O3S. The molecule has 118 valence electrons. The molecule has 0 amide bonds. The van der Waals surface area contributed by atoms with Crippen LogP contribution < -0.4 is 10.0 Å². The Kier molecular flexibility index (Phi) is 5.27. The van der Waals surface area contributed by atoms with Crippen LogP contribution in [0.25, 0.3) is 6.08 Å². The number of furan rings is 1. The van der Waals surface area contributed by atoms with Crippen molar-refractivity contribution in [2.45, 2.75) is 13.8 Å². The van der Waals surface area contributed by atoms with E-state index in [0.29, 0.717) is 12.2 Å². The van der Waals surface area contributed by atoms with Crippen LogP contribution in [0.15, 0.2) is 47.1 Å². The summed E-state index contributed by atoms with van der Waals surface area (Å²) >= 11 is 0. The summed E-state index contributed by atoms with van der Waals surface area (Å²) in [4.78, 5) is 0. The largest absolute Gasteiger partial charge is 0.465 e. The van der Waals surface area contributed by atoms with E-state index in [2.05, 4.69) is 10.0 Å². The van der Waals surface area contributed by atoms with E-state index in [0.717, 1.165) is 17.0 Å². The van der Waals surface area contributed by atoms with Crippen molar-refractivity contribution in [3.8, 4) is 0 Å². The highest BCUT2D eigenvalue weighted by atomic mass is 32.2. The van der Waals surface area contributed by atoms with E-state index in [1.165, 1.54) is 0 Å². The summed E-state index contributed by atoms with van der Waals surface area (Å²) in [6, 6.07) is 9.25. The van der Waals surface area contributed by atoms with E-state index in [4.69, 9.17) is 4.42 Å². The minimum Gasteiger partial charge on any atom is -0.465 e. The third-order valence-electron chi connectivity index (χ3n) is 3.12. The van der Waals surface area contributed by atoms with Gasteiger partial charge in [-0.3, -0.25) is 4.72 Å². The summed E-state index contributed by atoms with van der Waals surface area (Å²) in [7, 11) is -3.25. The van der Waals surface area contributed by atoms with Gasteiger partial charge < -0.3 is 9.73 Å². The smallest absolute Gasteiger partial charge is 0.232 e. The number of rotatable bonds is 7. The number of sulfonamides is 1. The van der Waals surface area contributed by atoms with Gasteiger partial charge >= 0.3 is 0 Å². The van der Waals surface area contributed by atoms with Crippen molar-refractivity contribution in [1.82, 2.24) is 0 Å². The van der Waals surface area contributed by atoms with Gasteiger partial charge in [-0.2, -0.15) is 0 Å². The first-order chi connectivity index (χ1) is 10.5. The van der Waals surface area contributed by atoms with Crippen LogP contribution in [0.4, 0.5) is 11.4 Å². The quantitative estimate of drug-likeness (QED) is 0.819. The molecule has 0 bridgehead atoms. The Morgan fingerprint density at radius 3 is 2.73 bits per heavy atom. The van der Waals surface area contributed by atoms with E-state index in [9.17, 15) is 8.42 Å². The van der Waals surface area contributed by atoms with Crippen LogP contribution in [0.3, 0.4) is 0 Å². The number of anilines is 2. The van der Waals surface area contributed by atoms with Crippen LogP contribution in [0, 0.1) is 6.92 Å². The van der Waals surface area contributed by atoms with Gasteiger partial charge in [-0.05, 0) is 55.8 Å². The molecule has 0 unspecified atom stereocenters. The fourth-order valence-corrected chi connectivity index (χ4v) is 2.57. The number of nitrogens with one attached hydrogen (secondary N) is 2. The summed E-state index contributed by atoms with van der Waals surface area (Å²) in [5, 5.41) is 3.25. The average molecular weight is 320 g/mol. The van der Waals surface area contributed by atoms with Gasteiger partial charge in [0.1, 0.15) is 5.76 Å². The van der Waals surface area contributed by atoms with Crippen molar-refractivity contribution >= 4 is 27.5 Å². The molecule has 1 aromatic heterocycles. The molecule has 22 heavy (non-hydrogen) atoms. The highest BCUT2D eigenvalue weighted by Gasteiger charge is 2.08. The number of hydrogen-bond donors (Lipinski definition) is 2. The molecule has 0 aliphatic rings. The van der Waals surface area contributed by atoms with Gasteiger partial charge in [0.05, 0.1) is 17.7 Å². The predicted molar refractivity (Wildman–Crippen MR) is 90.5 cm³/mol. The number of aryl methyl sites for hydroxylation is 1. The molecule has 2 aromatic rings. The van der Waals surface area contributed by atoms with Crippen LogP contribution in [-0.2, 0) is 10.0 Å². The predicted octanol–water partition coefficient (Wildman–Crippen LogP) is 3.47. The van der Waals surface area contributed by atoms with E-state index >= 15 is 0 Å². The van der Waals surface area contributed by atoms with Gasteiger partial charge in [-0.15, -0.1) is 0 Å². The van der Waals surface area contributed by atoms with Crippen molar-refractivity contribution in [3.05, 3.63) is 54.0 Å². The summed E-state index contributed by atoms with van der Waals surface area (Å²) < 4.78 is 30.9. The maximum atomic E-state index is 11.6. The molecule has 0 radical (unpaired) electrons. The molecule has 0 saturated heterocycles. The third kappa shape index (κ3) is 4.66. The number of hydrogen-bond acceptors (Lipinski definition) is 4. The van der Waals surface area contributed by atoms with Gasteiger partial charge in [0, 0.05) is 12.2 Å². The fourth-order valence-electron chi connectivity index (χ4n) is 1.87. The van der Waals surface area contributed by atoms with E-state index in [-0.39, 0.29) is 5.75 Å². The lowest BCUT2D eigenvalue weighted by Crippen LogP contribution is -2.15. The van der Waals surface area contributed by atoms with Crippen LogP contribution in [0.1, 0.15) is 18.2 Å². The summed E-state index contributed by atoms with van der Waals surface area (Å²) in [5.74, 6) is 0.867. The maximum absolute atomic E-state index is 11.6. The van der Waals surface area contributed by atoms with E-state index in [1.807, 2.05) is 43.3 Å². The Morgan fingerprint density at radius 1 is 1.27 bits per heavy atom. The zero-order valence-electron chi connectivity index (χ0n) is 12.7. The second kappa shape index (κ2) is 7.17. The molecule has 0 saturated carbocycles. The molecular weight excluding hydrogens is 300 g/mol. The molecule has 6 heteroatoms. The lowest BCUT2D eigenvalue weighted by atomic mass is 10.2. The topological polar surface area (TPSA) is 71.3 Å². The zero-order chi connectivity index (χ0) is 16.0. The van der Waals surface area contributed by atoms with E-state index in [1.54, 1.807) is 19.3 Å². The second-order valence-corrected chi connectivity index (χ2v) is 6.84. The highest BCUT2D eigenvalue weighted by molar-refractivity contribution is 7.92. The standard InChI is InChI=1S/C16H20N2O3S/c1-3-22(19,20)18-16-9-8-14(12-13(16)2)17-10-4-6-15-7-5-11-21-15/h4-9,11-12,17-18H,3,10H2,1-2H3. The van der Waals surface area contributed by atoms with Crippen molar-refractivity contribution in [3.63, 3.8) is 0 Å². The molecule has 0 fully saturated rings. The third-order valence-corrected chi connectivity index (χ3v) is 4.41. The first kappa shape index (κ1) is 16.2. The molecule has 0 aliphatic heterocycles. The Labute approximate surface area is 131 Å². The zero-order valence-corrected chi connectivity index (χ0v) is 13.5. The van der Waals surface area contributed by atoms with Crippen molar-refractivity contribution in [1.29, 1.82) is 0 Å². The Morgan fingerprint density at radius 2 is 2.09 bits per heavy atom. The van der Waals surface area contributed by atoms with Crippen LogP contribution in [0.5, 0.6) is 0 Å². The lowest BCUT2D eigenvalue weighted by molar-refractivity contribution is 0.557. The lowest BCUT2D eigenvalue weighted by Gasteiger charge is -2.11. The molecule has 0 atom stereocenters. The Hall–Kier alpha value is -2.21. The molecule has 0 aliphatic carbocycles. The monoisotopic (exact) mass is 320 g/mol. The summed E-state index contributed by atoms with van der Waals surface area (Å²) in [6.45, 7) is 4.14. The van der Waals surface area contributed by atoms with Gasteiger partial charge in [0.25, 0.3) is 0 Å². The minimum atomic E-state index is -3.25. The summed E-state index contributed by atoms with van der Waals surface area (Å²) in [5.41, 5.74) is 2.41. The van der Waals surface area contributed by atoms with Crippen molar-refractivity contribution in [2.75, 3.05) is 22.3 Å². The molecule has 2 N–H and O–H groups in total. The second-order valence-electron chi connectivity index (χ2n) is 4.83. The van der Waals surface area contributed by atoms with Crippen LogP contribution >= 0.6 is 0 Å². The fraction of sp³-hybridized carbons (Fsp3) is 0.250. The van der Waals surface area contributed by atoms with Gasteiger partial charge in [0.15, 0.2) is 0 Å². The normalized spacial score (nSPS) is 11.7.